The van der Waals surface area contributed by atoms with Crippen LogP contribution in [0.25, 0.3) is 33.5 Å². The number of hydrogen-bond acceptors (Lipinski definition) is 7. The molecule has 0 atom stereocenters. The minimum absolute atomic E-state index is 0.0988. The van der Waals surface area contributed by atoms with Crippen molar-refractivity contribution in [2.75, 3.05) is 5.73 Å². The molecule has 9 heteroatoms. The Morgan fingerprint density at radius 3 is 2.38 bits per heavy atom. The number of benzene rings is 2. The van der Waals surface area contributed by atoms with Crippen LogP contribution in [-0.4, -0.2) is 24.5 Å². The average Bonchev–Trinajstić information content (AvgIpc) is 3.09. The van der Waals surface area contributed by atoms with E-state index in [4.69, 9.17) is 5.73 Å². The largest absolute Gasteiger partial charge is 0.384 e. The van der Waals surface area contributed by atoms with Gasteiger partial charge in [0.2, 0.25) is 0 Å². The molecule has 0 spiro atoms. The molecule has 0 amide bonds. The first-order chi connectivity index (χ1) is 15.6. The Morgan fingerprint density at radius 2 is 1.62 bits per heavy atom. The number of nitrogens with zero attached hydrogens (tertiary/aromatic N) is 6. The lowest BCUT2D eigenvalue weighted by Gasteiger charge is -2.08. The third kappa shape index (κ3) is 2.93. The molecule has 0 aliphatic rings. The van der Waals surface area contributed by atoms with Crippen molar-refractivity contribution >= 4 is 27.9 Å². The van der Waals surface area contributed by atoms with Crippen LogP contribution in [0.2, 0.25) is 0 Å². The predicted octanol–water partition coefficient (Wildman–Crippen LogP) is 2.71. The second-order valence-electron chi connectivity index (χ2n) is 7.08. The van der Waals surface area contributed by atoms with Gasteiger partial charge in [0.25, 0.3) is 5.56 Å². The van der Waals surface area contributed by atoms with Crippen LogP contribution in [0.4, 0.5) is 5.82 Å². The number of hydrogen-bond donors (Lipinski definition) is 2. The smallest absolute Gasteiger partial charge is 0.259 e. The zero-order valence-electron chi connectivity index (χ0n) is 16.6. The lowest BCUT2D eigenvalue weighted by Crippen LogP contribution is -2.10. The highest BCUT2D eigenvalue weighted by Gasteiger charge is 2.24. The lowest BCUT2D eigenvalue weighted by atomic mass is 10.2. The summed E-state index contributed by atoms with van der Waals surface area (Å²) in [5.74, 6) is 0.479. The molecule has 3 heterocycles. The van der Waals surface area contributed by atoms with E-state index in [9.17, 15) is 15.3 Å². The number of nitriles is 2. The van der Waals surface area contributed by atoms with Crippen LogP contribution < -0.4 is 11.3 Å². The van der Waals surface area contributed by atoms with E-state index in [1.165, 1.54) is 0 Å². The highest BCUT2D eigenvalue weighted by molar-refractivity contribution is 5.98. The highest BCUT2D eigenvalue weighted by atomic mass is 16.1. The van der Waals surface area contributed by atoms with Gasteiger partial charge in [0.05, 0.1) is 23.0 Å². The minimum atomic E-state index is -0.323. The number of nitrogens with two attached hydrogens (primary N) is 1. The summed E-state index contributed by atoms with van der Waals surface area (Å²) in [6.45, 7) is 0.354. The molecule has 2 aromatic carbocycles. The number of aromatic amines is 1. The van der Waals surface area contributed by atoms with Gasteiger partial charge in [0, 0.05) is 0 Å². The Morgan fingerprint density at radius 1 is 0.938 bits per heavy atom. The van der Waals surface area contributed by atoms with E-state index in [0.717, 1.165) is 5.56 Å². The van der Waals surface area contributed by atoms with Crippen molar-refractivity contribution in [3.8, 4) is 23.5 Å². The highest BCUT2D eigenvalue weighted by Crippen LogP contribution is 2.34. The van der Waals surface area contributed by atoms with Crippen LogP contribution in [0.3, 0.4) is 0 Å². The molecule has 0 saturated carbocycles. The summed E-state index contributed by atoms with van der Waals surface area (Å²) in [7, 11) is 0. The van der Waals surface area contributed by atoms with E-state index >= 15 is 0 Å². The second-order valence-corrected chi connectivity index (χ2v) is 7.08. The van der Waals surface area contributed by atoms with Crippen molar-refractivity contribution in [1.82, 2.24) is 24.5 Å². The maximum absolute atomic E-state index is 12.7. The average molecular weight is 418 g/mol. The van der Waals surface area contributed by atoms with Crippen LogP contribution in [-0.2, 0) is 6.54 Å². The van der Waals surface area contributed by atoms with Crippen molar-refractivity contribution in [3.05, 3.63) is 81.9 Å². The summed E-state index contributed by atoms with van der Waals surface area (Å²) in [6, 6.07) is 20.3. The quantitative estimate of drug-likeness (QED) is 0.457. The summed E-state index contributed by atoms with van der Waals surface area (Å²) in [5.41, 5.74) is 8.40. The van der Waals surface area contributed by atoms with E-state index in [1.54, 1.807) is 28.8 Å². The van der Waals surface area contributed by atoms with Gasteiger partial charge in [-0.3, -0.25) is 4.79 Å². The molecule has 5 rings (SSSR count). The van der Waals surface area contributed by atoms with E-state index in [-0.39, 0.29) is 34.1 Å². The molecule has 5 aromatic rings. The summed E-state index contributed by atoms with van der Waals surface area (Å²) in [4.78, 5) is 28.7. The molecule has 0 saturated heterocycles. The molecule has 0 unspecified atom stereocenters. The zero-order chi connectivity index (χ0) is 22.2. The fourth-order valence-electron chi connectivity index (χ4n) is 3.67. The fraction of sp³-hybridized carbons (Fsp3) is 0.0435. The number of aromatic nitrogens is 5. The van der Waals surface area contributed by atoms with Gasteiger partial charge in [-0.25, -0.2) is 15.0 Å². The predicted molar refractivity (Wildman–Crippen MR) is 118 cm³/mol. The number of nitrogen functional groups attached to an aromatic ring is 1. The first kappa shape index (κ1) is 19.0. The van der Waals surface area contributed by atoms with Gasteiger partial charge in [-0.2, -0.15) is 10.5 Å². The third-order valence-corrected chi connectivity index (χ3v) is 5.16. The van der Waals surface area contributed by atoms with Crippen molar-refractivity contribution in [2.45, 2.75) is 6.54 Å². The molecule has 3 aromatic heterocycles. The Labute approximate surface area is 181 Å². The monoisotopic (exact) mass is 418 g/mol. The Kier molecular flexibility index (Phi) is 4.36. The molecule has 32 heavy (non-hydrogen) atoms. The first-order valence-corrected chi connectivity index (χ1v) is 9.64. The topological polar surface area (TPSA) is 150 Å². The molecule has 152 valence electrons. The zero-order valence-corrected chi connectivity index (χ0v) is 16.6. The van der Waals surface area contributed by atoms with Crippen molar-refractivity contribution in [1.29, 1.82) is 10.5 Å². The summed E-state index contributed by atoms with van der Waals surface area (Å²) < 4.78 is 1.70. The number of anilines is 1. The van der Waals surface area contributed by atoms with Gasteiger partial charge < -0.3 is 15.3 Å². The summed E-state index contributed by atoms with van der Waals surface area (Å²) in [6.07, 6.45) is 0. The Hall–Kier alpha value is -5.02. The van der Waals surface area contributed by atoms with Crippen LogP contribution in [0.15, 0.2) is 59.4 Å². The van der Waals surface area contributed by atoms with Crippen LogP contribution >= 0.6 is 0 Å². The van der Waals surface area contributed by atoms with E-state index < -0.39 is 0 Å². The standard InChI is InChI=1S/C23H14N8O/c24-10-16-17(11-25)29-22-19(27-16)18(20(26)31(22)12-13-6-2-1-3-7-13)21-28-15-9-5-4-8-14(15)23(32)30-21/h1-9H,12,26H2,(H,28,30,32). The molecule has 0 aliphatic heterocycles. The van der Waals surface area contributed by atoms with Gasteiger partial charge in [-0.1, -0.05) is 42.5 Å². The van der Waals surface area contributed by atoms with Crippen LogP contribution in [0.5, 0.6) is 0 Å². The minimum Gasteiger partial charge on any atom is -0.384 e. The van der Waals surface area contributed by atoms with Gasteiger partial charge >= 0.3 is 0 Å². The summed E-state index contributed by atoms with van der Waals surface area (Å²) in [5, 5.41) is 19.3. The summed E-state index contributed by atoms with van der Waals surface area (Å²) >= 11 is 0. The second kappa shape index (κ2) is 7.35. The normalized spacial score (nSPS) is 10.8. The van der Waals surface area contributed by atoms with Crippen molar-refractivity contribution in [3.63, 3.8) is 0 Å². The number of H-pyrrole nitrogens is 1. The first-order valence-electron chi connectivity index (χ1n) is 9.64. The van der Waals surface area contributed by atoms with Gasteiger partial charge in [0.1, 0.15) is 29.3 Å². The Balaban J connectivity index is 1.85. The number of rotatable bonds is 3. The van der Waals surface area contributed by atoms with E-state index in [2.05, 4.69) is 19.9 Å². The van der Waals surface area contributed by atoms with E-state index in [1.807, 2.05) is 42.5 Å². The molecular formula is C23H14N8O. The van der Waals surface area contributed by atoms with Crippen LogP contribution in [0, 0.1) is 22.7 Å². The molecule has 3 N–H and O–H groups in total. The maximum Gasteiger partial charge on any atom is 0.259 e. The SMILES string of the molecule is N#Cc1nc2c(-c3nc4ccccc4c(=O)[nH]3)c(N)n(Cc3ccccc3)c2nc1C#N. The van der Waals surface area contributed by atoms with Gasteiger partial charge in [-0.15, -0.1) is 0 Å². The molecule has 9 nitrogen and oxygen atoms in total. The third-order valence-electron chi connectivity index (χ3n) is 5.16. The number of fused-ring (bicyclic) bond motifs is 2. The number of nitrogens with one attached hydrogen (secondary N) is 1. The maximum atomic E-state index is 12.7. The van der Waals surface area contributed by atoms with Gasteiger partial charge in [0.15, 0.2) is 17.0 Å². The molecule has 0 aliphatic carbocycles. The van der Waals surface area contributed by atoms with Gasteiger partial charge in [-0.05, 0) is 17.7 Å². The van der Waals surface area contributed by atoms with E-state index in [0.29, 0.717) is 28.7 Å². The fourth-order valence-corrected chi connectivity index (χ4v) is 3.67. The molecule has 0 bridgehead atoms. The lowest BCUT2D eigenvalue weighted by molar-refractivity contribution is 0.834. The van der Waals surface area contributed by atoms with Crippen LogP contribution in [0.1, 0.15) is 17.0 Å². The molecular weight excluding hydrogens is 404 g/mol. The number of para-hydroxylation sites is 1. The van der Waals surface area contributed by atoms with Crippen molar-refractivity contribution in [2.24, 2.45) is 0 Å². The Bertz CT molecular complexity index is 1650. The van der Waals surface area contributed by atoms with Crippen molar-refractivity contribution < 1.29 is 0 Å². The molecule has 0 radical (unpaired) electrons. The molecule has 0 fully saturated rings.